The summed E-state index contributed by atoms with van der Waals surface area (Å²) in [5.74, 6) is 0.801. The number of nitrogens with zero attached hydrogens (tertiary/aromatic N) is 1. The van der Waals surface area contributed by atoms with Crippen molar-refractivity contribution >= 4 is 0 Å². The van der Waals surface area contributed by atoms with Gasteiger partial charge in [0.25, 0.3) is 0 Å². The predicted octanol–water partition coefficient (Wildman–Crippen LogP) is 2.85. The van der Waals surface area contributed by atoms with E-state index in [0.717, 1.165) is 16.9 Å². The molecule has 4 nitrogen and oxygen atoms in total. The van der Waals surface area contributed by atoms with Crippen LogP contribution in [0, 0.1) is 20.8 Å². The third-order valence-electron chi connectivity index (χ3n) is 2.80. The van der Waals surface area contributed by atoms with Crippen molar-refractivity contribution in [3.05, 3.63) is 40.8 Å². The number of aromatic nitrogens is 1. The number of aryl methyl sites for hydroxylation is 2. The van der Waals surface area contributed by atoms with Crippen LogP contribution < -0.4 is 10.5 Å². The normalized spacial score (nSPS) is 10.6. The van der Waals surface area contributed by atoms with Crippen molar-refractivity contribution in [2.75, 3.05) is 0 Å². The largest absolute Gasteiger partial charge is 0.417 e. The molecular formula is C13H16N2O2. The molecule has 0 aliphatic heterocycles. The summed E-state index contributed by atoms with van der Waals surface area (Å²) < 4.78 is 10.9. The zero-order valence-electron chi connectivity index (χ0n) is 10.3. The lowest BCUT2D eigenvalue weighted by molar-refractivity contribution is 0.327. The molecule has 0 fully saturated rings. The minimum absolute atomic E-state index is 0.238. The smallest absolute Gasteiger partial charge is 0.399 e. The first-order valence-corrected chi connectivity index (χ1v) is 5.51. The Balaban J connectivity index is 2.32. The predicted molar refractivity (Wildman–Crippen MR) is 65.1 cm³/mol. The van der Waals surface area contributed by atoms with Gasteiger partial charge in [0.15, 0.2) is 0 Å². The van der Waals surface area contributed by atoms with Crippen LogP contribution in [0.4, 0.5) is 0 Å². The first kappa shape index (κ1) is 11.7. The van der Waals surface area contributed by atoms with Gasteiger partial charge in [-0.3, -0.25) is 0 Å². The Morgan fingerprint density at radius 1 is 1.24 bits per heavy atom. The van der Waals surface area contributed by atoms with E-state index in [1.807, 2.05) is 26.8 Å². The van der Waals surface area contributed by atoms with Gasteiger partial charge in [-0.1, -0.05) is 12.1 Å². The highest BCUT2D eigenvalue weighted by atomic mass is 16.6. The Kier molecular flexibility index (Phi) is 3.15. The fraction of sp³-hybridized carbons (Fsp3) is 0.308. The van der Waals surface area contributed by atoms with Crippen molar-refractivity contribution in [2.24, 2.45) is 5.73 Å². The van der Waals surface area contributed by atoms with Crippen molar-refractivity contribution in [3.8, 4) is 11.8 Å². The standard InChI is InChI=1S/C13H16N2O2/c1-8-4-5-9(2)12(10(8)3)17-13-15-11(6-14)7-16-13/h4-5,7H,6,14H2,1-3H3. The Hall–Kier alpha value is -1.81. The molecule has 0 saturated carbocycles. The van der Waals surface area contributed by atoms with Gasteiger partial charge in [0, 0.05) is 6.54 Å². The van der Waals surface area contributed by atoms with E-state index in [2.05, 4.69) is 11.1 Å². The van der Waals surface area contributed by atoms with Gasteiger partial charge in [0.1, 0.15) is 12.0 Å². The van der Waals surface area contributed by atoms with Crippen molar-refractivity contribution in [2.45, 2.75) is 27.3 Å². The molecule has 0 saturated heterocycles. The molecule has 0 radical (unpaired) electrons. The molecule has 17 heavy (non-hydrogen) atoms. The second kappa shape index (κ2) is 4.59. The van der Waals surface area contributed by atoms with Crippen LogP contribution in [0.3, 0.4) is 0 Å². The van der Waals surface area contributed by atoms with Crippen molar-refractivity contribution in [1.82, 2.24) is 4.98 Å². The fourth-order valence-electron chi connectivity index (χ4n) is 1.60. The molecule has 0 aliphatic rings. The van der Waals surface area contributed by atoms with Gasteiger partial charge in [-0.2, -0.15) is 4.98 Å². The fourth-order valence-corrected chi connectivity index (χ4v) is 1.60. The minimum Gasteiger partial charge on any atom is -0.417 e. The van der Waals surface area contributed by atoms with Crippen LogP contribution in [-0.4, -0.2) is 4.98 Å². The number of oxazole rings is 1. The zero-order chi connectivity index (χ0) is 12.4. The molecule has 1 aromatic carbocycles. The Morgan fingerprint density at radius 3 is 2.59 bits per heavy atom. The third-order valence-corrected chi connectivity index (χ3v) is 2.80. The van der Waals surface area contributed by atoms with Crippen LogP contribution in [0.15, 0.2) is 22.8 Å². The zero-order valence-corrected chi connectivity index (χ0v) is 10.3. The second-order valence-electron chi connectivity index (χ2n) is 4.06. The summed E-state index contributed by atoms with van der Waals surface area (Å²) in [6.07, 6.45) is 1.75. The lowest BCUT2D eigenvalue weighted by atomic mass is 10.1. The highest BCUT2D eigenvalue weighted by molar-refractivity contribution is 5.45. The number of hydrogen-bond donors (Lipinski definition) is 1. The van der Waals surface area contributed by atoms with Crippen LogP contribution in [-0.2, 0) is 6.54 Å². The molecule has 2 N–H and O–H groups in total. The maximum absolute atomic E-state index is 5.67. The molecule has 0 amide bonds. The average molecular weight is 232 g/mol. The maximum Gasteiger partial charge on any atom is 0.399 e. The number of rotatable bonds is 3. The molecule has 1 heterocycles. The van der Waals surface area contributed by atoms with Crippen LogP contribution in [0.25, 0.3) is 0 Å². The first-order chi connectivity index (χ1) is 8.11. The molecule has 0 unspecified atom stereocenters. The number of nitrogens with two attached hydrogens (primary N) is 1. The SMILES string of the molecule is Cc1ccc(C)c(Oc2nc(CN)co2)c1C. The van der Waals surface area contributed by atoms with Crippen molar-refractivity contribution < 1.29 is 9.15 Å². The van der Waals surface area contributed by atoms with Gasteiger partial charge in [0.05, 0.1) is 5.69 Å². The monoisotopic (exact) mass is 232 g/mol. The van der Waals surface area contributed by atoms with E-state index >= 15 is 0 Å². The van der Waals surface area contributed by atoms with Gasteiger partial charge in [-0.05, 0) is 37.5 Å². The quantitative estimate of drug-likeness (QED) is 0.883. The molecule has 0 spiro atoms. The molecular weight excluding hydrogens is 216 g/mol. The Labute approximate surface area is 100 Å². The van der Waals surface area contributed by atoms with Crippen LogP contribution in [0.2, 0.25) is 0 Å². The van der Waals surface area contributed by atoms with Crippen LogP contribution in [0.5, 0.6) is 11.8 Å². The van der Waals surface area contributed by atoms with Crippen LogP contribution in [0.1, 0.15) is 22.4 Å². The van der Waals surface area contributed by atoms with E-state index in [4.69, 9.17) is 14.9 Å². The minimum atomic E-state index is 0.238. The van der Waals surface area contributed by atoms with E-state index in [1.54, 1.807) is 0 Å². The molecule has 4 heteroatoms. The van der Waals surface area contributed by atoms with Gasteiger partial charge < -0.3 is 14.9 Å². The van der Waals surface area contributed by atoms with Gasteiger partial charge in [-0.25, -0.2) is 0 Å². The lowest BCUT2D eigenvalue weighted by Gasteiger charge is -2.10. The van der Waals surface area contributed by atoms with E-state index in [0.29, 0.717) is 12.2 Å². The molecule has 0 atom stereocenters. The average Bonchev–Trinajstić information content (AvgIpc) is 2.77. The maximum atomic E-state index is 5.67. The Bertz CT molecular complexity index is 532. The molecule has 2 rings (SSSR count). The van der Waals surface area contributed by atoms with E-state index in [1.165, 1.54) is 11.8 Å². The first-order valence-electron chi connectivity index (χ1n) is 5.51. The van der Waals surface area contributed by atoms with E-state index < -0.39 is 0 Å². The second-order valence-corrected chi connectivity index (χ2v) is 4.06. The molecule has 2 aromatic rings. The highest BCUT2D eigenvalue weighted by Crippen LogP contribution is 2.30. The summed E-state index contributed by atoms with van der Waals surface area (Å²) in [6.45, 7) is 6.40. The summed E-state index contributed by atoms with van der Waals surface area (Å²) in [5.41, 5.74) is 9.47. The highest BCUT2D eigenvalue weighted by Gasteiger charge is 2.11. The van der Waals surface area contributed by atoms with Crippen molar-refractivity contribution in [3.63, 3.8) is 0 Å². The number of ether oxygens (including phenoxy) is 1. The Morgan fingerprint density at radius 2 is 1.94 bits per heavy atom. The summed E-state index contributed by atoms with van der Waals surface area (Å²) >= 11 is 0. The van der Waals surface area contributed by atoms with E-state index in [-0.39, 0.29) is 6.08 Å². The molecule has 0 bridgehead atoms. The van der Waals surface area contributed by atoms with E-state index in [9.17, 15) is 0 Å². The number of hydrogen-bond acceptors (Lipinski definition) is 4. The summed E-state index contributed by atoms with van der Waals surface area (Å²) in [7, 11) is 0. The lowest BCUT2D eigenvalue weighted by Crippen LogP contribution is -1.97. The third kappa shape index (κ3) is 2.31. The molecule has 0 aliphatic carbocycles. The molecule has 1 aromatic heterocycles. The van der Waals surface area contributed by atoms with Crippen LogP contribution >= 0.6 is 0 Å². The van der Waals surface area contributed by atoms with Gasteiger partial charge >= 0.3 is 6.08 Å². The topological polar surface area (TPSA) is 61.3 Å². The summed E-state index contributed by atoms with van der Waals surface area (Å²) in [6, 6.07) is 4.09. The molecule has 90 valence electrons. The van der Waals surface area contributed by atoms with Crippen molar-refractivity contribution in [1.29, 1.82) is 0 Å². The summed E-state index contributed by atoms with van der Waals surface area (Å²) in [5, 5.41) is 0. The number of benzene rings is 1. The van der Waals surface area contributed by atoms with Gasteiger partial charge in [0.2, 0.25) is 0 Å². The summed E-state index contributed by atoms with van der Waals surface area (Å²) in [4.78, 5) is 4.12. The van der Waals surface area contributed by atoms with Gasteiger partial charge in [-0.15, -0.1) is 0 Å².